The molecule has 1 aliphatic rings. The summed E-state index contributed by atoms with van der Waals surface area (Å²) in [6, 6.07) is 7.21. The van der Waals surface area contributed by atoms with Gasteiger partial charge in [0.1, 0.15) is 0 Å². The fraction of sp³-hybridized carbons (Fsp3) is 0.696. The van der Waals surface area contributed by atoms with E-state index >= 15 is 0 Å². The van der Waals surface area contributed by atoms with Crippen LogP contribution >= 0.6 is 0 Å². The number of anilines is 2. The Morgan fingerprint density at radius 1 is 1.22 bits per heavy atom. The maximum Gasteiger partial charge on any atom is 0.305 e. The predicted molar refractivity (Wildman–Crippen MR) is 114 cm³/mol. The molecule has 1 saturated carbocycles. The lowest BCUT2D eigenvalue weighted by atomic mass is 9.93. The van der Waals surface area contributed by atoms with Crippen molar-refractivity contribution in [1.29, 1.82) is 0 Å². The third-order valence-corrected chi connectivity index (χ3v) is 5.69. The van der Waals surface area contributed by atoms with Gasteiger partial charge in [-0.05, 0) is 62.1 Å². The molecule has 1 aromatic carbocycles. The van der Waals surface area contributed by atoms with Crippen molar-refractivity contribution in [2.75, 3.05) is 24.3 Å². The first-order chi connectivity index (χ1) is 13.0. The summed E-state index contributed by atoms with van der Waals surface area (Å²) in [5, 5.41) is 0. The molecule has 0 unspecified atom stereocenters. The van der Waals surface area contributed by atoms with Gasteiger partial charge in [0.05, 0.1) is 18.5 Å². The smallest absolute Gasteiger partial charge is 0.305 e. The number of rotatable bonds is 10. The SMILES string of the molecule is COC(=O)CCCCc1ccc(N(CCC(C)C)C2CCCCC2)c(N)c1. The highest BCUT2D eigenvalue weighted by Crippen LogP contribution is 2.32. The molecular formula is C23H38N2O2. The second-order valence-electron chi connectivity index (χ2n) is 8.34. The van der Waals surface area contributed by atoms with Gasteiger partial charge in [0.15, 0.2) is 0 Å². The lowest BCUT2D eigenvalue weighted by Gasteiger charge is -2.37. The molecule has 1 aromatic rings. The lowest BCUT2D eigenvalue weighted by molar-refractivity contribution is -0.140. The maximum absolute atomic E-state index is 11.2. The summed E-state index contributed by atoms with van der Waals surface area (Å²) in [5.74, 6) is 0.574. The van der Waals surface area contributed by atoms with Gasteiger partial charge in [0, 0.05) is 19.0 Å². The monoisotopic (exact) mass is 374 g/mol. The van der Waals surface area contributed by atoms with E-state index in [2.05, 4.69) is 36.9 Å². The van der Waals surface area contributed by atoms with Gasteiger partial charge in [-0.3, -0.25) is 4.79 Å². The van der Waals surface area contributed by atoms with Crippen LogP contribution in [0.2, 0.25) is 0 Å². The van der Waals surface area contributed by atoms with Crippen LogP contribution in [0.4, 0.5) is 11.4 Å². The largest absolute Gasteiger partial charge is 0.469 e. The van der Waals surface area contributed by atoms with Crippen molar-refractivity contribution in [2.45, 2.75) is 84.1 Å². The second-order valence-corrected chi connectivity index (χ2v) is 8.34. The minimum atomic E-state index is -0.127. The Morgan fingerprint density at radius 3 is 2.59 bits per heavy atom. The van der Waals surface area contributed by atoms with Crippen LogP contribution in [0.1, 0.15) is 77.2 Å². The summed E-state index contributed by atoms with van der Waals surface area (Å²) in [7, 11) is 1.44. The molecule has 0 aliphatic heterocycles. The van der Waals surface area contributed by atoms with Gasteiger partial charge in [-0.2, -0.15) is 0 Å². The van der Waals surface area contributed by atoms with Crippen LogP contribution in [0.25, 0.3) is 0 Å². The third-order valence-electron chi connectivity index (χ3n) is 5.69. The fourth-order valence-electron chi connectivity index (χ4n) is 4.01. The zero-order valence-corrected chi connectivity index (χ0v) is 17.5. The summed E-state index contributed by atoms with van der Waals surface area (Å²) in [6.07, 6.45) is 11.1. The van der Waals surface area contributed by atoms with E-state index < -0.39 is 0 Å². The molecule has 0 amide bonds. The average Bonchev–Trinajstić information content (AvgIpc) is 2.67. The van der Waals surface area contributed by atoms with Crippen LogP contribution in [0.15, 0.2) is 18.2 Å². The molecule has 1 aliphatic carbocycles. The highest BCUT2D eigenvalue weighted by atomic mass is 16.5. The average molecular weight is 375 g/mol. The molecule has 0 heterocycles. The van der Waals surface area contributed by atoms with Gasteiger partial charge in [0.25, 0.3) is 0 Å². The Balaban J connectivity index is 2.01. The zero-order valence-electron chi connectivity index (χ0n) is 17.5. The number of aryl methyl sites for hydroxylation is 1. The minimum absolute atomic E-state index is 0.127. The van der Waals surface area contributed by atoms with Gasteiger partial charge in [-0.25, -0.2) is 0 Å². The number of carbonyl (C=O) groups is 1. The zero-order chi connectivity index (χ0) is 19.6. The lowest BCUT2D eigenvalue weighted by Crippen LogP contribution is -2.38. The second kappa shape index (κ2) is 11.2. The number of nitrogens with zero attached hydrogens (tertiary/aromatic N) is 1. The number of esters is 1. The normalized spacial score (nSPS) is 15.1. The van der Waals surface area contributed by atoms with Crippen LogP contribution < -0.4 is 10.6 Å². The van der Waals surface area contributed by atoms with Crippen LogP contribution in [0.5, 0.6) is 0 Å². The standard InChI is InChI=1S/C23H38N2O2/c1-18(2)15-16-25(20-10-5-4-6-11-20)22-14-13-19(17-21(22)24)9-7-8-12-23(26)27-3/h13-14,17-18,20H,4-12,15-16,24H2,1-3H3. The fourth-order valence-corrected chi connectivity index (χ4v) is 4.01. The summed E-state index contributed by atoms with van der Waals surface area (Å²) in [4.78, 5) is 13.8. The van der Waals surface area contributed by atoms with E-state index in [1.807, 2.05) is 0 Å². The van der Waals surface area contributed by atoms with Crippen molar-refractivity contribution in [3.8, 4) is 0 Å². The molecule has 0 radical (unpaired) electrons. The van der Waals surface area contributed by atoms with Crippen molar-refractivity contribution in [1.82, 2.24) is 0 Å². The third kappa shape index (κ3) is 7.08. The number of hydrogen-bond acceptors (Lipinski definition) is 4. The van der Waals surface area contributed by atoms with E-state index in [4.69, 9.17) is 10.5 Å². The first-order valence-corrected chi connectivity index (χ1v) is 10.7. The van der Waals surface area contributed by atoms with Gasteiger partial charge < -0.3 is 15.4 Å². The highest BCUT2D eigenvalue weighted by molar-refractivity contribution is 5.69. The Morgan fingerprint density at radius 2 is 1.96 bits per heavy atom. The molecule has 27 heavy (non-hydrogen) atoms. The molecule has 0 atom stereocenters. The molecule has 1 fully saturated rings. The molecule has 2 rings (SSSR count). The van der Waals surface area contributed by atoms with Gasteiger partial charge >= 0.3 is 5.97 Å². The molecule has 2 N–H and O–H groups in total. The number of nitrogen functional groups attached to an aromatic ring is 1. The molecule has 0 saturated heterocycles. The molecular weight excluding hydrogens is 336 g/mol. The molecule has 152 valence electrons. The van der Waals surface area contributed by atoms with Crippen molar-refractivity contribution in [3.05, 3.63) is 23.8 Å². The number of hydrogen-bond donors (Lipinski definition) is 1. The van der Waals surface area contributed by atoms with Crippen molar-refractivity contribution < 1.29 is 9.53 Å². The molecule has 4 heteroatoms. The van der Waals surface area contributed by atoms with Crippen molar-refractivity contribution in [3.63, 3.8) is 0 Å². The van der Waals surface area contributed by atoms with Crippen molar-refractivity contribution >= 4 is 17.3 Å². The Hall–Kier alpha value is -1.71. The van der Waals surface area contributed by atoms with Crippen molar-refractivity contribution in [2.24, 2.45) is 5.92 Å². The Labute approximate surface area is 165 Å². The number of nitrogens with two attached hydrogens (primary N) is 1. The van der Waals surface area contributed by atoms with Crippen LogP contribution in [0.3, 0.4) is 0 Å². The maximum atomic E-state index is 11.2. The number of methoxy groups -OCH3 is 1. The first kappa shape index (κ1) is 21.6. The molecule has 0 bridgehead atoms. The number of unbranched alkanes of at least 4 members (excludes halogenated alkanes) is 1. The van der Waals surface area contributed by atoms with Crippen LogP contribution in [-0.2, 0) is 16.0 Å². The van der Waals surface area contributed by atoms with E-state index in [9.17, 15) is 4.79 Å². The van der Waals surface area contributed by atoms with E-state index in [0.29, 0.717) is 18.4 Å². The Kier molecular flexibility index (Phi) is 8.96. The van der Waals surface area contributed by atoms with E-state index in [1.165, 1.54) is 56.9 Å². The highest BCUT2D eigenvalue weighted by Gasteiger charge is 2.23. The summed E-state index contributed by atoms with van der Waals surface area (Å²) in [5.41, 5.74) is 9.86. The van der Waals surface area contributed by atoms with Crippen LogP contribution in [-0.4, -0.2) is 25.7 Å². The summed E-state index contributed by atoms with van der Waals surface area (Å²) >= 11 is 0. The number of benzene rings is 1. The first-order valence-electron chi connectivity index (χ1n) is 10.7. The molecule has 0 spiro atoms. The quantitative estimate of drug-likeness (QED) is 0.341. The van der Waals surface area contributed by atoms with Crippen LogP contribution in [0, 0.1) is 5.92 Å². The summed E-state index contributed by atoms with van der Waals surface area (Å²) < 4.78 is 4.70. The number of carbonyl (C=O) groups excluding carboxylic acids is 1. The minimum Gasteiger partial charge on any atom is -0.469 e. The Bertz CT molecular complexity index is 580. The topological polar surface area (TPSA) is 55.6 Å². The van der Waals surface area contributed by atoms with Gasteiger partial charge in [0.2, 0.25) is 0 Å². The van der Waals surface area contributed by atoms with E-state index in [0.717, 1.165) is 31.5 Å². The van der Waals surface area contributed by atoms with E-state index in [1.54, 1.807) is 0 Å². The summed E-state index contributed by atoms with van der Waals surface area (Å²) in [6.45, 7) is 5.67. The number of ether oxygens (including phenoxy) is 1. The molecule has 4 nitrogen and oxygen atoms in total. The molecule has 0 aromatic heterocycles. The van der Waals surface area contributed by atoms with Gasteiger partial charge in [-0.1, -0.05) is 39.2 Å². The van der Waals surface area contributed by atoms with E-state index in [-0.39, 0.29) is 5.97 Å². The predicted octanol–water partition coefficient (Wildman–Crippen LogP) is 5.34. The van der Waals surface area contributed by atoms with Gasteiger partial charge in [-0.15, -0.1) is 0 Å².